The van der Waals surface area contributed by atoms with Gasteiger partial charge in [-0.25, -0.2) is 0 Å². The second-order valence-electron chi connectivity index (χ2n) is 5.18. The van der Waals surface area contributed by atoms with Crippen molar-refractivity contribution in [2.24, 2.45) is 0 Å². The Hall–Kier alpha value is -2.35. The van der Waals surface area contributed by atoms with E-state index in [1.54, 1.807) is 29.2 Å². The van der Waals surface area contributed by atoms with Gasteiger partial charge in [0.1, 0.15) is 0 Å². The first-order valence-electron chi connectivity index (χ1n) is 7.27. The standard InChI is InChI=1S/C16H19N3O2/c17-12-13-5-4-6-14(11-13)18-15(20)8-10-19-9-3-1-2-7-16(19)21/h4-6,11H,1-3,7-10H2,(H,18,20). The SMILES string of the molecule is N#Cc1cccc(NC(=O)CCN2CCCCCC2=O)c1. The maximum Gasteiger partial charge on any atom is 0.226 e. The highest BCUT2D eigenvalue weighted by atomic mass is 16.2. The van der Waals surface area contributed by atoms with Crippen LogP contribution in [0.5, 0.6) is 0 Å². The van der Waals surface area contributed by atoms with E-state index in [-0.39, 0.29) is 18.2 Å². The molecule has 21 heavy (non-hydrogen) atoms. The lowest BCUT2D eigenvalue weighted by Crippen LogP contribution is -2.33. The minimum absolute atomic E-state index is 0.137. The molecule has 1 aliphatic rings. The van der Waals surface area contributed by atoms with Crippen molar-refractivity contribution in [2.45, 2.75) is 32.1 Å². The van der Waals surface area contributed by atoms with Gasteiger partial charge in [-0.15, -0.1) is 0 Å². The van der Waals surface area contributed by atoms with Gasteiger partial charge in [-0.3, -0.25) is 9.59 Å². The lowest BCUT2D eigenvalue weighted by atomic mass is 10.2. The van der Waals surface area contributed by atoms with E-state index < -0.39 is 0 Å². The van der Waals surface area contributed by atoms with Gasteiger partial charge in [0.05, 0.1) is 11.6 Å². The Bertz CT molecular complexity index is 563. The van der Waals surface area contributed by atoms with Gasteiger partial charge in [0, 0.05) is 31.6 Å². The van der Waals surface area contributed by atoms with Crippen molar-refractivity contribution in [3.63, 3.8) is 0 Å². The lowest BCUT2D eigenvalue weighted by Gasteiger charge is -2.20. The fraction of sp³-hybridized carbons (Fsp3) is 0.438. The zero-order valence-corrected chi connectivity index (χ0v) is 12.0. The highest BCUT2D eigenvalue weighted by Crippen LogP contribution is 2.13. The average molecular weight is 285 g/mol. The summed E-state index contributed by atoms with van der Waals surface area (Å²) in [4.78, 5) is 25.5. The summed E-state index contributed by atoms with van der Waals surface area (Å²) in [5, 5.41) is 11.6. The van der Waals surface area contributed by atoms with Gasteiger partial charge >= 0.3 is 0 Å². The van der Waals surface area contributed by atoms with Gasteiger partial charge in [-0.05, 0) is 31.0 Å². The fourth-order valence-corrected chi connectivity index (χ4v) is 2.40. The molecule has 0 unspecified atom stereocenters. The quantitative estimate of drug-likeness (QED) is 0.922. The summed E-state index contributed by atoms with van der Waals surface area (Å²) in [5.41, 5.74) is 1.12. The van der Waals surface area contributed by atoms with Crippen LogP contribution in [-0.2, 0) is 9.59 Å². The molecule has 1 aromatic rings. The number of likely N-dealkylation sites (tertiary alicyclic amines) is 1. The second kappa shape index (κ2) is 7.44. The molecule has 1 aliphatic heterocycles. The van der Waals surface area contributed by atoms with Crippen LogP contribution in [0.3, 0.4) is 0 Å². The molecule has 0 bridgehead atoms. The number of benzene rings is 1. The Kier molecular flexibility index (Phi) is 5.33. The van der Waals surface area contributed by atoms with Crippen LogP contribution in [0.15, 0.2) is 24.3 Å². The minimum atomic E-state index is -0.137. The number of amides is 2. The first-order valence-corrected chi connectivity index (χ1v) is 7.27. The topological polar surface area (TPSA) is 73.2 Å². The van der Waals surface area contributed by atoms with Crippen LogP contribution in [-0.4, -0.2) is 29.8 Å². The largest absolute Gasteiger partial charge is 0.342 e. The molecule has 5 heteroatoms. The number of hydrogen-bond donors (Lipinski definition) is 1. The van der Waals surface area contributed by atoms with E-state index in [4.69, 9.17) is 5.26 Å². The third-order valence-corrected chi connectivity index (χ3v) is 3.56. The monoisotopic (exact) mass is 285 g/mol. The van der Waals surface area contributed by atoms with E-state index in [1.165, 1.54) is 0 Å². The highest BCUT2D eigenvalue weighted by molar-refractivity contribution is 5.91. The van der Waals surface area contributed by atoms with Gasteiger partial charge in [-0.2, -0.15) is 5.26 Å². The predicted octanol–water partition coefficient (Wildman–Crippen LogP) is 2.29. The molecule has 2 amide bonds. The first kappa shape index (κ1) is 15.0. The predicted molar refractivity (Wildman–Crippen MR) is 79.5 cm³/mol. The zero-order valence-electron chi connectivity index (χ0n) is 12.0. The van der Waals surface area contributed by atoms with Crippen molar-refractivity contribution in [2.75, 3.05) is 18.4 Å². The van der Waals surface area contributed by atoms with Crippen LogP contribution >= 0.6 is 0 Å². The number of hydrogen-bond acceptors (Lipinski definition) is 3. The van der Waals surface area contributed by atoms with Crippen molar-refractivity contribution in [3.05, 3.63) is 29.8 Å². The Balaban J connectivity index is 1.84. The molecule has 1 saturated heterocycles. The molecule has 0 aromatic heterocycles. The summed E-state index contributed by atoms with van der Waals surface area (Å²) in [6, 6.07) is 8.83. The van der Waals surface area contributed by atoms with E-state index >= 15 is 0 Å². The van der Waals surface area contributed by atoms with Crippen molar-refractivity contribution in [3.8, 4) is 6.07 Å². The molecule has 5 nitrogen and oxygen atoms in total. The van der Waals surface area contributed by atoms with Crippen molar-refractivity contribution in [1.82, 2.24) is 4.90 Å². The third-order valence-electron chi connectivity index (χ3n) is 3.56. The normalized spacial score (nSPS) is 15.2. The van der Waals surface area contributed by atoms with Gasteiger partial charge in [-0.1, -0.05) is 12.5 Å². The van der Waals surface area contributed by atoms with Crippen molar-refractivity contribution >= 4 is 17.5 Å². The van der Waals surface area contributed by atoms with Crippen LogP contribution in [0.25, 0.3) is 0 Å². The maximum atomic E-state index is 11.9. The summed E-state index contributed by atoms with van der Waals surface area (Å²) in [7, 11) is 0. The summed E-state index contributed by atoms with van der Waals surface area (Å²) < 4.78 is 0. The van der Waals surface area contributed by atoms with Crippen LogP contribution in [0.1, 0.15) is 37.7 Å². The fourth-order valence-electron chi connectivity index (χ4n) is 2.40. The number of nitrogens with zero attached hydrogens (tertiary/aromatic N) is 2. The van der Waals surface area contributed by atoms with Gasteiger partial charge in [0.15, 0.2) is 0 Å². The van der Waals surface area contributed by atoms with Crippen LogP contribution in [0.4, 0.5) is 5.69 Å². The van der Waals surface area contributed by atoms with E-state index in [2.05, 4.69) is 5.32 Å². The molecule has 1 heterocycles. The summed E-state index contributed by atoms with van der Waals surface area (Å²) in [6.07, 6.45) is 3.91. The Morgan fingerprint density at radius 1 is 1.33 bits per heavy atom. The smallest absolute Gasteiger partial charge is 0.226 e. The van der Waals surface area contributed by atoms with Gasteiger partial charge < -0.3 is 10.2 Å². The molecule has 0 saturated carbocycles. The first-order chi connectivity index (χ1) is 10.2. The van der Waals surface area contributed by atoms with E-state index in [0.29, 0.717) is 24.2 Å². The molecule has 2 rings (SSSR count). The number of carbonyl (C=O) groups excluding carboxylic acids is 2. The average Bonchev–Trinajstić information content (AvgIpc) is 2.70. The second-order valence-corrected chi connectivity index (χ2v) is 5.18. The molecular weight excluding hydrogens is 266 g/mol. The van der Waals surface area contributed by atoms with Gasteiger partial charge in [0.25, 0.3) is 0 Å². The summed E-state index contributed by atoms with van der Waals surface area (Å²) in [5.74, 6) is 0.00825. The molecule has 1 fully saturated rings. The molecule has 0 aliphatic carbocycles. The van der Waals surface area contributed by atoms with Crippen molar-refractivity contribution < 1.29 is 9.59 Å². The number of carbonyl (C=O) groups is 2. The van der Waals surface area contributed by atoms with Crippen LogP contribution in [0, 0.1) is 11.3 Å². The molecule has 110 valence electrons. The van der Waals surface area contributed by atoms with E-state index in [0.717, 1.165) is 25.8 Å². The molecule has 0 spiro atoms. The molecule has 1 aromatic carbocycles. The van der Waals surface area contributed by atoms with E-state index in [9.17, 15) is 9.59 Å². The highest BCUT2D eigenvalue weighted by Gasteiger charge is 2.17. The summed E-state index contributed by atoms with van der Waals surface area (Å²) in [6.45, 7) is 1.21. The molecular formula is C16H19N3O2. The number of rotatable bonds is 4. The lowest BCUT2D eigenvalue weighted by molar-refractivity contribution is -0.131. The number of nitrogens with one attached hydrogen (secondary N) is 1. The molecule has 0 atom stereocenters. The Morgan fingerprint density at radius 3 is 3.00 bits per heavy atom. The van der Waals surface area contributed by atoms with Crippen molar-refractivity contribution in [1.29, 1.82) is 5.26 Å². The zero-order chi connectivity index (χ0) is 15.1. The minimum Gasteiger partial charge on any atom is -0.342 e. The summed E-state index contributed by atoms with van der Waals surface area (Å²) >= 11 is 0. The maximum absolute atomic E-state index is 11.9. The number of nitriles is 1. The molecule has 1 N–H and O–H groups in total. The Labute approximate surface area is 124 Å². The third kappa shape index (κ3) is 4.60. The van der Waals surface area contributed by atoms with Gasteiger partial charge in [0.2, 0.25) is 11.8 Å². The van der Waals surface area contributed by atoms with E-state index in [1.807, 2.05) is 6.07 Å². The van der Waals surface area contributed by atoms with Crippen LogP contribution in [0.2, 0.25) is 0 Å². The van der Waals surface area contributed by atoms with Crippen LogP contribution < -0.4 is 5.32 Å². The number of anilines is 1. The Morgan fingerprint density at radius 2 is 2.19 bits per heavy atom. The molecule has 0 radical (unpaired) electrons.